The van der Waals surface area contributed by atoms with Crippen LogP contribution in [0.5, 0.6) is 0 Å². The summed E-state index contributed by atoms with van der Waals surface area (Å²) in [7, 11) is 0. The van der Waals surface area contributed by atoms with Gasteiger partial charge in [-0.15, -0.1) is 0 Å². The molecule has 0 saturated carbocycles. The van der Waals surface area contributed by atoms with Gasteiger partial charge < -0.3 is 10.8 Å². The Labute approximate surface area is 82.5 Å². The van der Waals surface area contributed by atoms with Gasteiger partial charge in [-0.25, -0.2) is 0 Å². The van der Waals surface area contributed by atoms with Crippen molar-refractivity contribution in [3.63, 3.8) is 0 Å². The van der Waals surface area contributed by atoms with Crippen molar-refractivity contribution in [1.82, 2.24) is 0 Å². The molecule has 1 unspecified atom stereocenters. The van der Waals surface area contributed by atoms with E-state index in [9.17, 15) is 0 Å². The van der Waals surface area contributed by atoms with Crippen LogP contribution in [0.2, 0.25) is 0 Å². The lowest BCUT2D eigenvalue weighted by atomic mass is 10.1. The molecule has 0 aromatic carbocycles. The summed E-state index contributed by atoms with van der Waals surface area (Å²) in [5.74, 6) is 0. The van der Waals surface area contributed by atoms with E-state index in [0.717, 1.165) is 6.42 Å². The summed E-state index contributed by atoms with van der Waals surface area (Å²) >= 11 is 0. The maximum absolute atomic E-state index is 8.68. The van der Waals surface area contributed by atoms with Gasteiger partial charge in [0, 0.05) is 6.04 Å². The normalized spacial score (nSPS) is 13.2. The van der Waals surface area contributed by atoms with Gasteiger partial charge in [-0.3, -0.25) is 0 Å². The SMILES string of the molecule is CCCCCCCCCC(N)CO. The number of nitrogens with two attached hydrogens (primary N) is 1. The van der Waals surface area contributed by atoms with Crippen LogP contribution in [-0.2, 0) is 0 Å². The Balaban J connectivity index is 2.91. The molecule has 80 valence electrons. The third kappa shape index (κ3) is 9.84. The molecule has 2 heteroatoms. The minimum absolute atomic E-state index is 0.00985. The lowest BCUT2D eigenvalue weighted by Crippen LogP contribution is -2.23. The molecule has 0 aromatic heterocycles. The van der Waals surface area contributed by atoms with E-state index in [1.807, 2.05) is 0 Å². The van der Waals surface area contributed by atoms with E-state index in [0.29, 0.717) is 0 Å². The fourth-order valence-corrected chi connectivity index (χ4v) is 1.45. The molecule has 13 heavy (non-hydrogen) atoms. The van der Waals surface area contributed by atoms with Crippen molar-refractivity contribution < 1.29 is 5.11 Å². The Morgan fingerprint density at radius 2 is 1.54 bits per heavy atom. The first-order valence-electron chi connectivity index (χ1n) is 5.67. The molecule has 0 aliphatic carbocycles. The molecule has 2 nitrogen and oxygen atoms in total. The highest BCUT2D eigenvalue weighted by molar-refractivity contribution is 4.58. The van der Waals surface area contributed by atoms with Gasteiger partial charge in [-0.05, 0) is 6.42 Å². The molecule has 0 aliphatic rings. The van der Waals surface area contributed by atoms with Crippen LogP contribution in [0.3, 0.4) is 0 Å². The van der Waals surface area contributed by atoms with Crippen LogP contribution in [-0.4, -0.2) is 17.8 Å². The van der Waals surface area contributed by atoms with Gasteiger partial charge in [0.1, 0.15) is 0 Å². The third-order valence-electron chi connectivity index (χ3n) is 2.41. The minimum atomic E-state index is 0.00985. The summed E-state index contributed by atoms with van der Waals surface area (Å²) in [6, 6.07) is 0.00985. The van der Waals surface area contributed by atoms with Crippen molar-refractivity contribution in [3.8, 4) is 0 Å². The first-order chi connectivity index (χ1) is 6.31. The van der Waals surface area contributed by atoms with Crippen LogP contribution in [0.4, 0.5) is 0 Å². The molecule has 0 aromatic rings. The van der Waals surface area contributed by atoms with Crippen LogP contribution < -0.4 is 5.73 Å². The van der Waals surface area contributed by atoms with E-state index in [2.05, 4.69) is 6.92 Å². The molecule has 0 aliphatic heterocycles. The Kier molecular flexibility index (Phi) is 9.94. The molecular formula is C11H25NO. The predicted molar refractivity (Wildman–Crippen MR) is 57.7 cm³/mol. The standard InChI is InChI=1S/C11H25NO/c1-2-3-4-5-6-7-8-9-11(12)10-13/h11,13H,2-10,12H2,1H3. The molecule has 3 N–H and O–H groups in total. The fraction of sp³-hybridized carbons (Fsp3) is 1.00. The molecule has 1 atom stereocenters. The number of hydrogen-bond acceptors (Lipinski definition) is 2. The lowest BCUT2D eigenvalue weighted by Gasteiger charge is -2.06. The zero-order valence-corrected chi connectivity index (χ0v) is 8.97. The van der Waals surface area contributed by atoms with E-state index in [4.69, 9.17) is 10.8 Å². The average Bonchev–Trinajstić information content (AvgIpc) is 2.16. The van der Waals surface area contributed by atoms with Gasteiger partial charge in [-0.1, -0.05) is 51.9 Å². The minimum Gasteiger partial charge on any atom is -0.395 e. The number of aliphatic hydroxyl groups excluding tert-OH is 1. The third-order valence-corrected chi connectivity index (χ3v) is 2.41. The Hall–Kier alpha value is -0.0800. The van der Waals surface area contributed by atoms with Gasteiger partial charge >= 0.3 is 0 Å². The van der Waals surface area contributed by atoms with Gasteiger partial charge in [0.2, 0.25) is 0 Å². The Bertz CT molecular complexity index is 96.1. The van der Waals surface area contributed by atoms with E-state index < -0.39 is 0 Å². The highest BCUT2D eigenvalue weighted by Crippen LogP contribution is 2.08. The fourth-order valence-electron chi connectivity index (χ4n) is 1.45. The molecule has 0 heterocycles. The van der Waals surface area contributed by atoms with E-state index >= 15 is 0 Å². The zero-order chi connectivity index (χ0) is 9.94. The number of hydrogen-bond donors (Lipinski definition) is 2. The lowest BCUT2D eigenvalue weighted by molar-refractivity contribution is 0.257. The quantitative estimate of drug-likeness (QED) is 0.545. The van der Waals surface area contributed by atoms with Crippen molar-refractivity contribution in [2.24, 2.45) is 5.73 Å². The first-order valence-corrected chi connectivity index (χ1v) is 5.67. The molecule has 0 bridgehead atoms. The zero-order valence-electron chi connectivity index (χ0n) is 8.97. The second-order valence-electron chi connectivity index (χ2n) is 3.85. The molecule has 0 amide bonds. The Morgan fingerprint density at radius 1 is 1.00 bits per heavy atom. The van der Waals surface area contributed by atoms with Crippen LogP contribution >= 0.6 is 0 Å². The van der Waals surface area contributed by atoms with Crippen molar-refractivity contribution in [3.05, 3.63) is 0 Å². The van der Waals surface area contributed by atoms with Crippen molar-refractivity contribution in [1.29, 1.82) is 0 Å². The first kappa shape index (κ1) is 12.9. The van der Waals surface area contributed by atoms with Crippen LogP contribution in [0.15, 0.2) is 0 Å². The second-order valence-corrected chi connectivity index (χ2v) is 3.85. The topological polar surface area (TPSA) is 46.2 Å². The van der Waals surface area contributed by atoms with Gasteiger partial charge in [-0.2, -0.15) is 0 Å². The predicted octanol–water partition coefficient (Wildman–Crippen LogP) is 2.45. The highest BCUT2D eigenvalue weighted by Gasteiger charge is 1.98. The summed E-state index contributed by atoms with van der Waals surface area (Å²) < 4.78 is 0. The van der Waals surface area contributed by atoms with Crippen LogP contribution in [0, 0.1) is 0 Å². The second kappa shape index (κ2) is 10.0. The van der Waals surface area contributed by atoms with E-state index in [1.165, 1.54) is 44.9 Å². The van der Waals surface area contributed by atoms with Crippen LogP contribution in [0.25, 0.3) is 0 Å². The summed E-state index contributed by atoms with van der Waals surface area (Å²) in [4.78, 5) is 0. The summed E-state index contributed by atoms with van der Waals surface area (Å²) in [6.45, 7) is 2.37. The van der Waals surface area contributed by atoms with Crippen molar-refractivity contribution in [2.45, 2.75) is 64.3 Å². The highest BCUT2D eigenvalue weighted by atomic mass is 16.3. The van der Waals surface area contributed by atoms with E-state index in [1.54, 1.807) is 0 Å². The number of unbranched alkanes of at least 4 members (excludes halogenated alkanes) is 6. The van der Waals surface area contributed by atoms with Crippen molar-refractivity contribution in [2.75, 3.05) is 6.61 Å². The molecule has 0 rings (SSSR count). The molecule has 0 saturated heterocycles. The largest absolute Gasteiger partial charge is 0.395 e. The smallest absolute Gasteiger partial charge is 0.0582 e. The molecule has 0 spiro atoms. The summed E-state index contributed by atoms with van der Waals surface area (Å²) in [5, 5.41) is 8.68. The molecule has 0 radical (unpaired) electrons. The number of aliphatic hydroxyl groups is 1. The molecule has 0 fully saturated rings. The average molecular weight is 187 g/mol. The Morgan fingerprint density at radius 3 is 2.08 bits per heavy atom. The number of rotatable bonds is 9. The summed E-state index contributed by atoms with van der Waals surface area (Å²) in [5.41, 5.74) is 5.59. The molecular weight excluding hydrogens is 162 g/mol. The maximum Gasteiger partial charge on any atom is 0.0582 e. The van der Waals surface area contributed by atoms with Crippen molar-refractivity contribution >= 4 is 0 Å². The van der Waals surface area contributed by atoms with Gasteiger partial charge in [0.25, 0.3) is 0 Å². The van der Waals surface area contributed by atoms with Gasteiger partial charge in [0.05, 0.1) is 6.61 Å². The van der Waals surface area contributed by atoms with Gasteiger partial charge in [0.15, 0.2) is 0 Å². The maximum atomic E-state index is 8.68. The summed E-state index contributed by atoms with van der Waals surface area (Å²) in [6.07, 6.45) is 10.2. The monoisotopic (exact) mass is 187 g/mol. The van der Waals surface area contributed by atoms with Crippen LogP contribution in [0.1, 0.15) is 58.3 Å². The van der Waals surface area contributed by atoms with E-state index in [-0.39, 0.29) is 12.6 Å².